The quantitative estimate of drug-likeness (QED) is 0.697. The van der Waals surface area contributed by atoms with Gasteiger partial charge < -0.3 is 10.4 Å². The third-order valence-electron chi connectivity index (χ3n) is 1.54. The SMILES string of the molecule is CCn1ccc(NC[C@H](C)O)n1. The molecule has 4 heteroatoms. The molecule has 1 atom stereocenters. The highest BCUT2D eigenvalue weighted by atomic mass is 16.3. The second-order valence-electron chi connectivity index (χ2n) is 2.79. The molecular formula is C8H15N3O. The van der Waals surface area contributed by atoms with Gasteiger partial charge in [0.1, 0.15) is 5.82 Å². The zero-order valence-corrected chi connectivity index (χ0v) is 7.49. The lowest BCUT2D eigenvalue weighted by Gasteiger charge is -2.04. The van der Waals surface area contributed by atoms with Crippen LogP contribution in [-0.2, 0) is 6.54 Å². The molecule has 68 valence electrons. The Morgan fingerprint density at radius 2 is 2.50 bits per heavy atom. The third-order valence-corrected chi connectivity index (χ3v) is 1.54. The lowest BCUT2D eigenvalue weighted by molar-refractivity contribution is 0.208. The first-order valence-corrected chi connectivity index (χ1v) is 4.17. The number of anilines is 1. The van der Waals surface area contributed by atoms with Crippen molar-refractivity contribution in [3.8, 4) is 0 Å². The maximum absolute atomic E-state index is 8.98. The van der Waals surface area contributed by atoms with E-state index in [4.69, 9.17) is 5.11 Å². The van der Waals surface area contributed by atoms with Gasteiger partial charge in [0.05, 0.1) is 6.10 Å². The van der Waals surface area contributed by atoms with Crippen LogP contribution in [0.3, 0.4) is 0 Å². The van der Waals surface area contributed by atoms with Gasteiger partial charge in [-0.2, -0.15) is 5.10 Å². The van der Waals surface area contributed by atoms with Gasteiger partial charge in [0, 0.05) is 25.4 Å². The standard InChI is InChI=1S/C8H15N3O/c1-3-11-5-4-8(10-11)9-6-7(2)12/h4-5,7,12H,3,6H2,1-2H3,(H,9,10)/t7-/m0/s1. The molecule has 4 nitrogen and oxygen atoms in total. The topological polar surface area (TPSA) is 50.1 Å². The average Bonchev–Trinajstić information content (AvgIpc) is 2.48. The molecular weight excluding hydrogens is 154 g/mol. The molecule has 0 aromatic carbocycles. The summed E-state index contributed by atoms with van der Waals surface area (Å²) in [5.74, 6) is 0.817. The summed E-state index contributed by atoms with van der Waals surface area (Å²) >= 11 is 0. The highest BCUT2D eigenvalue weighted by Crippen LogP contribution is 2.01. The third kappa shape index (κ3) is 2.54. The number of nitrogens with zero attached hydrogens (tertiary/aromatic N) is 2. The van der Waals surface area contributed by atoms with E-state index in [9.17, 15) is 0 Å². The number of aromatic nitrogens is 2. The summed E-state index contributed by atoms with van der Waals surface area (Å²) in [6.07, 6.45) is 1.57. The zero-order valence-electron chi connectivity index (χ0n) is 7.49. The Balaban J connectivity index is 2.41. The van der Waals surface area contributed by atoms with Crippen LogP contribution in [0.4, 0.5) is 5.82 Å². The van der Waals surface area contributed by atoms with Gasteiger partial charge in [0.25, 0.3) is 0 Å². The Labute approximate surface area is 72.2 Å². The predicted octanol–water partition coefficient (Wildman–Crippen LogP) is 0.696. The van der Waals surface area contributed by atoms with Gasteiger partial charge in [-0.25, -0.2) is 0 Å². The minimum atomic E-state index is -0.336. The van der Waals surface area contributed by atoms with Crippen LogP contribution in [-0.4, -0.2) is 27.5 Å². The molecule has 1 rings (SSSR count). The fourth-order valence-electron chi connectivity index (χ4n) is 0.884. The van der Waals surface area contributed by atoms with E-state index >= 15 is 0 Å². The van der Waals surface area contributed by atoms with E-state index in [1.54, 1.807) is 6.92 Å². The summed E-state index contributed by atoms with van der Waals surface area (Å²) in [7, 11) is 0. The summed E-state index contributed by atoms with van der Waals surface area (Å²) in [6, 6.07) is 1.89. The van der Waals surface area contributed by atoms with Crippen molar-refractivity contribution in [2.45, 2.75) is 26.5 Å². The van der Waals surface area contributed by atoms with Gasteiger partial charge >= 0.3 is 0 Å². The van der Waals surface area contributed by atoms with Gasteiger partial charge in [-0.05, 0) is 13.8 Å². The van der Waals surface area contributed by atoms with Gasteiger partial charge in [0.15, 0.2) is 0 Å². The number of aliphatic hydroxyl groups excluding tert-OH is 1. The van der Waals surface area contributed by atoms with Crippen molar-refractivity contribution >= 4 is 5.82 Å². The lowest BCUT2D eigenvalue weighted by Crippen LogP contribution is -2.15. The van der Waals surface area contributed by atoms with E-state index in [2.05, 4.69) is 10.4 Å². The Kier molecular flexibility index (Phi) is 3.10. The van der Waals surface area contributed by atoms with Gasteiger partial charge in [-0.1, -0.05) is 0 Å². The molecule has 0 spiro atoms. The number of aryl methyl sites for hydroxylation is 1. The number of hydrogen-bond donors (Lipinski definition) is 2. The number of aliphatic hydroxyl groups is 1. The van der Waals surface area contributed by atoms with Crippen molar-refractivity contribution in [2.24, 2.45) is 0 Å². The molecule has 1 heterocycles. The Bertz CT molecular complexity index is 232. The highest BCUT2D eigenvalue weighted by Gasteiger charge is 1.98. The second kappa shape index (κ2) is 4.11. The summed E-state index contributed by atoms with van der Waals surface area (Å²) in [6.45, 7) is 5.19. The van der Waals surface area contributed by atoms with Crippen molar-refractivity contribution in [1.29, 1.82) is 0 Å². The van der Waals surface area contributed by atoms with E-state index in [1.807, 2.05) is 23.9 Å². The van der Waals surface area contributed by atoms with E-state index in [0.717, 1.165) is 12.4 Å². The highest BCUT2D eigenvalue weighted by molar-refractivity contribution is 5.31. The summed E-state index contributed by atoms with van der Waals surface area (Å²) < 4.78 is 1.84. The molecule has 0 amide bonds. The van der Waals surface area contributed by atoms with Crippen LogP contribution in [0.5, 0.6) is 0 Å². The first kappa shape index (κ1) is 9.06. The Morgan fingerprint density at radius 3 is 3.00 bits per heavy atom. The molecule has 0 bridgehead atoms. The van der Waals surface area contributed by atoms with Crippen molar-refractivity contribution in [2.75, 3.05) is 11.9 Å². The van der Waals surface area contributed by atoms with Crippen LogP contribution >= 0.6 is 0 Å². The fourth-order valence-corrected chi connectivity index (χ4v) is 0.884. The van der Waals surface area contributed by atoms with E-state index < -0.39 is 0 Å². The van der Waals surface area contributed by atoms with Gasteiger partial charge in [-0.15, -0.1) is 0 Å². The molecule has 0 fully saturated rings. The van der Waals surface area contributed by atoms with Crippen molar-refractivity contribution in [3.63, 3.8) is 0 Å². The van der Waals surface area contributed by atoms with Gasteiger partial charge in [0.2, 0.25) is 0 Å². The molecule has 0 unspecified atom stereocenters. The van der Waals surface area contributed by atoms with Crippen LogP contribution in [0, 0.1) is 0 Å². The largest absolute Gasteiger partial charge is 0.392 e. The Morgan fingerprint density at radius 1 is 1.75 bits per heavy atom. The van der Waals surface area contributed by atoms with Crippen LogP contribution in [0.25, 0.3) is 0 Å². The smallest absolute Gasteiger partial charge is 0.148 e. The summed E-state index contributed by atoms with van der Waals surface area (Å²) in [4.78, 5) is 0. The minimum absolute atomic E-state index is 0.336. The maximum Gasteiger partial charge on any atom is 0.148 e. The van der Waals surface area contributed by atoms with Crippen molar-refractivity contribution < 1.29 is 5.11 Å². The van der Waals surface area contributed by atoms with Crippen LogP contribution in [0.2, 0.25) is 0 Å². The van der Waals surface area contributed by atoms with E-state index in [0.29, 0.717) is 6.54 Å². The van der Waals surface area contributed by atoms with E-state index in [1.165, 1.54) is 0 Å². The molecule has 0 radical (unpaired) electrons. The van der Waals surface area contributed by atoms with Gasteiger partial charge in [-0.3, -0.25) is 4.68 Å². The summed E-state index contributed by atoms with van der Waals surface area (Å²) in [5, 5.41) is 16.2. The lowest BCUT2D eigenvalue weighted by atomic mass is 10.4. The second-order valence-corrected chi connectivity index (χ2v) is 2.79. The molecule has 2 N–H and O–H groups in total. The molecule has 1 aromatic rings. The number of nitrogens with one attached hydrogen (secondary N) is 1. The molecule has 12 heavy (non-hydrogen) atoms. The monoisotopic (exact) mass is 169 g/mol. The fraction of sp³-hybridized carbons (Fsp3) is 0.625. The molecule has 0 saturated carbocycles. The Hall–Kier alpha value is -1.03. The normalized spacial score (nSPS) is 12.9. The number of rotatable bonds is 4. The van der Waals surface area contributed by atoms with Crippen molar-refractivity contribution in [3.05, 3.63) is 12.3 Å². The first-order valence-electron chi connectivity index (χ1n) is 4.17. The van der Waals surface area contributed by atoms with Crippen LogP contribution in [0.1, 0.15) is 13.8 Å². The first-order chi connectivity index (χ1) is 5.72. The zero-order chi connectivity index (χ0) is 8.97. The molecule has 1 aromatic heterocycles. The number of hydrogen-bond acceptors (Lipinski definition) is 3. The maximum atomic E-state index is 8.98. The predicted molar refractivity (Wildman–Crippen MR) is 48.1 cm³/mol. The minimum Gasteiger partial charge on any atom is -0.392 e. The van der Waals surface area contributed by atoms with E-state index in [-0.39, 0.29) is 6.10 Å². The molecule has 0 aliphatic heterocycles. The summed E-state index contributed by atoms with van der Waals surface area (Å²) in [5.41, 5.74) is 0. The van der Waals surface area contributed by atoms with Crippen LogP contribution in [0.15, 0.2) is 12.3 Å². The molecule has 0 aliphatic rings. The molecule has 0 aliphatic carbocycles. The average molecular weight is 169 g/mol. The van der Waals surface area contributed by atoms with Crippen LogP contribution < -0.4 is 5.32 Å². The van der Waals surface area contributed by atoms with Crippen molar-refractivity contribution in [1.82, 2.24) is 9.78 Å². The molecule has 0 saturated heterocycles.